The average molecular weight is 222 g/mol. The van der Waals surface area contributed by atoms with E-state index in [0.717, 1.165) is 26.1 Å². The second kappa shape index (κ2) is 5.46. The van der Waals surface area contributed by atoms with Crippen LogP contribution in [-0.4, -0.2) is 48.2 Å². The molecule has 0 aromatic carbocycles. The van der Waals surface area contributed by atoms with E-state index >= 15 is 0 Å². The fourth-order valence-electron chi connectivity index (χ4n) is 2.28. The van der Waals surface area contributed by atoms with Gasteiger partial charge in [0.2, 0.25) is 0 Å². The number of nitrogens with zero attached hydrogens (tertiary/aromatic N) is 3. The fraction of sp³-hybridized carbons (Fsp3) is 0.750. The van der Waals surface area contributed by atoms with Crippen LogP contribution in [0.15, 0.2) is 12.4 Å². The van der Waals surface area contributed by atoms with Gasteiger partial charge in [-0.3, -0.25) is 0 Å². The molecule has 0 unspecified atom stereocenters. The molecule has 0 spiro atoms. The minimum atomic E-state index is 0.654. The Labute approximate surface area is 97.7 Å². The van der Waals surface area contributed by atoms with E-state index in [1.54, 1.807) is 0 Å². The first-order valence-corrected chi connectivity index (χ1v) is 6.14. The van der Waals surface area contributed by atoms with Crippen LogP contribution in [0.2, 0.25) is 0 Å². The number of hydrogen-bond acceptors (Lipinski definition) is 3. The van der Waals surface area contributed by atoms with Crippen molar-refractivity contribution in [3.8, 4) is 0 Å². The van der Waals surface area contributed by atoms with Crippen LogP contribution >= 0.6 is 0 Å². The lowest BCUT2D eigenvalue weighted by molar-refractivity contribution is 0.350. The second-order valence-electron chi connectivity index (χ2n) is 4.79. The molecular formula is C12H22N4. The summed E-state index contributed by atoms with van der Waals surface area (Å²) in [5.41, 5.74) is 0. The molecule has 1 aliphatic rings. The second-order valence-corrected chi connectivity index (χ2v) is 4.79. The monoisotopic (exact) mass is 222 g/mol. The van der Waals surface area contributed by atoms with Crippen LogP contribution in [0.4, 0.5) is 0 Å². The molecule has 0 amide bonds. The molecule has 1 N–H and O–H groups in total. The molecule has 1 fully saturated rings. The van der Waals surface area contributed by atoms with E-state index < -0.39 is 0 Å². The Kier molecular flexibility index (Phi) is 3.96. The highest BCUT2D eigenvalue weighted by Crippen LogP contribution is 2.20. The summed E-state index contributed by atoms with van der Waals surface area (Å²) in [6, 6.07) is 0.654. The highest BCUT2D eigenvalue weighted by atomic mass is 15.1. The maximum Gasteiger partial charge on any atom is 0.110 e. The molecule has 4 heteroatoms. The predicted molar refractivity (Wildman–Crippen MR) is 65.6 cm³/mol. The lowest BCUT2D eigenvalue weighted by Gasteiger charge is -2.25. The zero-order valence-electron chi connectivity index (χ0n) is 10.3. The van der Waals surface area contributed by atoms with Crippen LogP contribution in [0, 0.1) is 0 Å². The maximum atomic E-state index is 4.48. The average Bonchev–Trinajstić information content (AvgIpc) is 2.75. The van der Waals surface area contributed by atoms with Gasteiger partial charge in [0.05, 0.1) is 0 Å². The van der Waals surface area contributed by atoms with Gasteiger partial charge in [0.25, 0.3) is 0 Å². The number of piperidine rings is 1. The predicted octanol–water partition coefficient (Wildman–Crippen LogP) is 0.912. The molecule has 2 rings (SSSR count). The lowest BCUT2D eigenvalue weighted by atomic mass is 10.1. The highest BCUT2D eigenvalue weighted by Gasteiger charge is 2.17. The van der Waals surface area contributed by atoms with Crippen LogP contribution in [-0.2, 0) is 6.42 Å². The lowest BCUT2D eigenvalue weighted by Crippen LogP contribution is -2.30. The number of nitrogens with one attached hydrogen (secondary N) is 1. The van der Waals surface area contributed by atoms with E-state index in [2.05, 4.69) is 40.1 Å². The Morgan fingerprint density at radius 3 is 2.88 bits per heavy atom. The fourth-order valence-corrected chi connectivity index (χ4v) is 2.28. The smallest absolute Gasteiger partial charge is 0.110 e. The minimum absolute atomic E-state index is 0.654. The molecule has 90 valence electrons. The number of rotatable bonds is 4. The molecule has 1 aromatic rings. The number of aromatic nitrogens is 2. The zero-order chi connectivity index (χ0) is 11.4. The summed E-state index contributed by atoms with van der Waals surface area (Å²) in [4.78, 5) is 6.69. The molecule has 2 heterocycles. The Morgan fingerprint density at radius 1 is 1.44 bits per heavy atom. The third-order valence-corrected chi connectivity index (χ3v) is 3.23. The van der Waals surface area contributed by atoms with Gasteiger partial charge >= 0.3 is 0 Å². The summed E-state index contributed by atoms with van der Waals surface area (Å²) < 4.78 is 2.38. The Morgan fingerprint density at radius 2 is 2.19 bits per heavy atom. The largest absolute Gasteiger partial charge is 0.332 e. The van der Waals surface area contributed by atoms with Crippen LogP contribution in [0.25, 0.3) is 0 Å². The Balaban J connectivity index is 2.00. The normalized spacial score (nSPS) is 18.2. The summed E-state index contributed by atoms with van der Waals surface area (Å²) in [5.74, 6) is 1.24. The van der Waals surface area contributed by atoms with Gasteiger partial charge in [-0.2, -0.15) is 0 Å². The van der Waals surface area contributed by atoms with Gasteiger partial charge in [0, 0.05) is 31.4 Å². The van der Waals surface area contributed by atoms with Crippen molar-refractivity contribution in [3.63, 3.8) is 0 Å². The van der Waals surface area contributed by atoms with Crippen molar-refractivity contribution in [2.45, 2.75) is 25.3 Å². The van der Waals surface area contributed by atoms with Crippen molar-refractivity contribution in [2.24, 2.45) is 0 Å². The molecule has 0 radical (unpaired) electrons. The number of likely N-dealkylation sites (N-methyl/N-ethyl adjacent to an activating group) is 1. The molecule has 1 aromatic heterocycles. The van der Waals surface area contributed by atoms with E-state index in [1.807, 2.05) is 6.20 Å². The molecule has 0 aliphatic carbocycles. The first kappa shape index (κ1) is 11.6. The van der Waals surface area contributed by atoms with Crippen LogP contribution in [0.5, 0.6) is 0 Å². The van der Waals surface area contributed by atoms with E-state index in [-0.39, 0.29) is 0 Å². The standard InChI is InChI=1S/C12H22N4/c1-15(2)9-5-12-14-8-10-16(12)11-3-6-13-7-4-11/h8,10-11,13H,3-7,9H2,1-2H3. The SMILES string of the molecule is CN(C)CCc1nccn1C1CCNCC1. The van der Waals surface area contributed by atoms with Gasteiger partial charge in [0.1, 0.15) is 5.82 Å². The summed E-state index contributed by atoms with van der Waals surface area (Å²) in [6.07, 6.45) is 7.58. The van der Waals surface area contributed by atoms with Crippen LogP contribution < -0.4 is 5.32 Å². The van der Waals surface area contributed by atoms with E-state index in [1.165, 1.54) is 18.7 Å². The summed E-state index contributed by atoms with van der Waals surface area (Å²) in [5, 5.41) is 3.40. The molecule has 1 aliphatic heterocycles. The summed E-state index contributed by atoms with van der Waals surface area (Å²) in [6.45, 7) is 3.34. The number of imidazole rings is 1. The minimum Gasteiger partial charge on any atom is -0.332 e. The molecule has 4 nitrogen and oxygen atoms in total. The van der Waals surface area contributed by atoms with E-state index in [0.29, 0.717) is 6.04 Å². The molecule has 0 saturated carbocycles. The van der Waals surface area contributed by atoms with Gasteiger partial charge in [-0.15, -0.1) is 0 Å². The third-order valence-electron chi connectivity index (χ3n) is 3.23. The number of hydrogen-bond donors (Lipinski definition) is 1. The summed E-state index contributed by atoms with van der Waals surface area (Å²) >= 11 is 0. The van der Waals surface area contributed by atoms with Crippen molar-refractivity contribution >= 4 is 0 Å². The Hall–Kier alpha value is -0.870. The van der Waals surface area contributed by atoms with Gasteiger partial charge < -0.3 is 14.8 Å². The first-order chi connectivity index (χ1) is 7.77. The molecule has 16 heavy (non-hydrogen) atoms. The van der Waals surface area contributed by atoms with Gasteiger partial charge in [0.15, 0.2) is 0 Å². The van der Waals surface area contributed by atoms with Crippen molar-refractivity contribution in [1.29, 1.82) is 0 Å². The van der Waals surface area contributed by atoms with Gasteiger partial charge in [-0.1, -0.05) is 0 Å². The molecule has 0 bridgehead atoms. The third kappa shape index (κ3) is 2.83. The summed E-state index contributed by atoms with van der Waals surface area (Å²) in [7, 11) is 4.22. The van der Waals surface area contributed by atoms with Gasteiger partial charge in [-0.05, 0) is 40.0 Å². The van der Waals surface area contributed by atoms with Crippen molar-refractivity contribution < 1.29 is 0 Å². The first-order valence-electron chi connectivity index (χ1n) is 6.14. The van der Waals surface area contributed by atoms with Crippen LogP contribution in [0.3, 0.4) is 0 Å². The van der Waals surface area contributed by atoms with Gasteiger partial charge in [-0.25, -0.2) is 4.98 Å². The zero-order valence-corrected chi connectivity index (χ0v) is 10.3. The molecular weight excluding hydrogens is 200 g/mol. The Bertz CT molecular complexity index is 313. The molecule has 0 atom stereocenters. The van der Waals surface area contributed by atoms with E-state index in [4.69, 9.17) is 0 Å². The van der Waals surface area contributed by atoms with Crippen LogP contribution in [0.1, 0.15) is 24.7 Å². The van der Waals surface area contributed by atoms with E-state index in [9.17, 15) is 0 Å². The highest BCUT2D eigenvalue weighted by molar-refractivity contribution is 4.97. The van der Waals surface area contributed by atoms with Crippen molar-refractivity contribution in [2.75, 3.05) is 33.7 Å². The maximum absolute atomic E-state index is 4.48. The topological polar surface area (TPSA) is 33.1 Å². The van der Waals surface area contributed by atoms with Crippen molar-refractivity contribution in [3.05, 3.63) is 18.2 Å². The van der Waals surface area contributed by atoms with Crippen molar-refractivity contribution in [1.82, 2.24) is 19.8 Å². The quantitative estimate of drug-likeness (QED) is 0.822. The molecule has 1 saturated heterocycles.